The van der Waals surface area contributed by atoms with Gasteiger partial charge < -0.3 is 9.84 Å². The van der Waals surface area contributed by atoms with Gasteiger partial charge in [-0.25, -0.2) is 0 Å². The minimum absolute atomic E-state index is 0.00599. The molecule has 0 aliphatic carbocycles. The first kappa shape index (κ1) is 34.9. The standard InChI is InChI=1S/C32H62O4/c1-3-4-5-6-7-8-9-10-14-17-20-23-26-29-32(35)36-30(2)27-24-21-18-15-12-11-13-16-19-22-25-28-31(33)34/h30H,3-29H2,1-2H3,(H,33,34). The van der Waals surface area contributed by atoms with Gasteiger partial charge in [-0.15, -0.1) is 0 Å². The van der Waals surface area contributed by atoms with Gasteiger partial charge in [-0.3, -0.25) is 9.59 Å². The zero-order chi connectivity index (χ0) is 26.5. The molecule has 214 valence electrons. The second kappa shape index (κ2) is 28.5. The Morgan fingerprint density at radius 2 is 0.861 bits per heavy atom. The molecule has 36 heavy (non-hydrogen) atoms. The predicted molar refractivity (Wildman–Crippen MR) is 154 cm³/mol. The summed E-state index contributed by atoms with van der Waals surface area (Å²) in [5.74, 6) is -0.680. The molecule has 0 heterocycles. The van der Waals surface area contributed by atoms with Crippen LogP contribution in [0.1, 0.15) is 187 Å². The van der Waals surface area contributed by atoms with Crippen molar-refractivity contribution in [1.82, 2.24) is 0 Å². The fraction of sp³-hybridized carbons (Fsp3) is 0.938. The van der Waals surface area contributed by atoms with Crippen molar-refractivity contribution in [3.05, 3.63) is 0 Å². The highest BCUT2D eigenvalue weighted by Crippen LogP contribution is 2.15. The summed E-state index contributed by atoms with van der Waals surface area (Å²) in [5.41, 5.74) is 0. The lowest BCUT2D eigenvalue weighted by Crippen LogP contribution is -2.14. The highest BCUT2D eigenvalue weighted by molar-refractivity contribution is 5.69. The Morgan fingerprint density at radius 1 is 0.528 bits per heavy atom. The topological polar surface area (TPSA) is 63.6 Å². The highest BCUT2D eigenvalue weighted by atomic mass is 16.5. The van der Waals surface area contributed by atoms with Gasteiger partial charge in [0, 0.05) is 12.8 Å². The molecule has 0 aliphatic heterocycles. The summed E-state index contributed by atoms with van der Waals surface area (Å²) in [7, 11) is 0. The summed E-state index contributed by atoms with van der Waals surface area (Å²) in [6.07, 6.45) is 32.3. The van der Waals surface area contributed by atoms with Crippen LogP contribution in [0.2, 0.25) is 0 Å². The molecule has 0 radical (unpaired) electrons. The molecule has 0 aromatic carbocycles. The summed E-state index contributed by atoms with van der Waals surface area (Å²) in [6.45, 7) is 4.31. The molecule has 0 fully saturated rings. The molecule has 0 saturated heterocycles. The monoisotopic (exact) mass is 510 g/mol. The quantitative estimate of drug-likeness (QED) is 0.0802. The first-order valence-corrected chi connectivity index (χ1v) is 16.0. The van der Waals surface area contributed by atoms with Gasteiger partial charge in [0.05, 0.1) is 6.10 Å². The second-order valence-electron chi connectivity index (χ2n) is 11.1. The summed E-state index contributed by atoms with van der Waals surface area (Å²) < 4.78 is 5.60. The van der Waals surface area contributed by atoms with E-state index in [2.05, 4.69) is 6.92 Å². The molecular weight excluding hydrogens is 448 g/mol. The summed E-state index contributed by atoms with van der Waals surface area (Å²) in [6, 6.07) is 0. The van der Waals surface area contributed by atoms with Crippen LogP contribution >= 0.6 is 0 Å². The third-order valence-electron chi connectivity index (χ3n) is 7.32. The van der Waals surface area contributed by atoms with Crippen LogP contribution in [0, 0.1) is 0 Å². The van der Waals surface area contributed by atoms with Gasteiger partial charge in [-0.2, -0.15) is 0 Å². The minimum atomic E-state index is -0.674. The van der Waals surface area contributed by atoms with Crippen LogP contribution in [0.15, 0.2) is 0 Å². The third-order valence-corrected chi connectivity index (χ3v) is 7.32. The Balaban J connectivity index is 3.29. The lowest BCUT2D eigenvalue weighted by Gasteiger charge is -2.13. The van der Waals surface area contributed by atoms with Crippen molar-refractivity contribution in [3.63, 3.8) is 0 Å². The van der Waals surface area contributed by atoms with Crippen LogP contribution in [0.4, 0.5) is 0 Å². The highest BCUT2D eigenvalue weighted by Gasteiger charge is 2.09. The first-order chi connectivity index (χ1) is 17.6. The number of ether oxygens (including phenoxy) is 1. The largest absolute Gasteiger partial charge is 0.481 e. The maximum Gasteiger partial charge on any atom is 0.306 e. The van der Waals surface area contributed by atoms with Gasteiger partial charge in [0.25, 0.3) is 0 Å². The normalized spacial score (nSPS) is 12.1. The van der Waals surface area contributed by atoms with Crippen LogP contribution in [0.25, 0.3) is 0 Å². The van der Waals surface area contributed by atoms with E-state index in [0.717, 1.165) is 38.5 Å². The van der Waals surface area contributed by atoms with Crippen molar-refractivity contribution >= 4 is 11.9 Å². The maximum absolute atomic E-state index is 12.1. The summed E-state index contributed by atoms with van der Waals surface area (Å²) >= 11 is 0. The average Bonchev–Trinajstić information content (AvgIpc) is 2.84. The molecule has 0 amide bonds. The lowest BCUT2D eigenvalue weighted by atomic mass is 10.0. The van der Waals surface area contributed by atoms with Gasteiger partial charge >= 0.3 is 11.9 Å². The van der Waals surface area contributed by atoms with E-state index in [-0.39, 0.29) is 12.1 Å². The number of carbonyl (C=O) groups excluding carboxylic acids is 1. The Bertz CT molecular complexity index is 477. The number of carbonyl (C=O) groups is 2. The molecule has 0 bridgehead atoms. The summed E-state index contributed by atoms with van der Waals surface area (Å²) in [4.78, 5) is 22.5. The lowest BCUT2D eigenvalue weighted by molar-refractivity contribution is -0.148. The van der Waals surface area contributed by atoms with E-state index < -0.39 is 5.97 Å². The number of carboxylic acids is 1. The van der Waals surface area contributed by atoms with E-state index in [0.29, 0.717) is 12.8 Å². The van der Waals surface area contributed by atoms with Gasteiger partial charge in [-0.05, 0) is 32.6 Å². The van der Waals surface area contributed by atoms with E-state index >= 15 is 0 Å². The van der Waals surface area contributed by atoms with Gasteiger partial charge in [-0.1, -0.05) is 142 Å². The fourth-order valence-electron chi connectivity index (χ4n) is 4.93. The first-order valence-electron chi connectivity index (χ1n) is 16.0. The van der Waals surface area contributed by atoms with Crippen molar-refractivity contribution in [2.75, 3.05) is 0 Å². The average molecular weight is 511 g/mol. The molecule has 1 atom stereocenters. The van der Waals surface area contributed by atoms with Crippen molar-refractivity contribution in [1.29, 1.82) is 0 Å². The molecule has 4 heteroatoms. The molecule has 0 rings (SSSR count). The van der Waals surface area contributed by atoms with Crippen LogP contribution < -0.4 is 0 Å². The molecular formula is C32H62O4. The Kier molecular flexibility index (Phi) is 27.7. The minimum Gasteiger partial charge on any atom is -0.481 e. The van der Waals surface area contributed by atoms with Crippen LogP contribution in [-0.4, -0.2) is 23.1 Å². The summed E-state index contributed by atoms with van der Waals surface area (Å²) in [5, 5.41) is 8.62. The zero-order valence-corrected chi connectivity index (χ0v) is 24.3. The zero-order valence-electron chi connectivity index (χ0n) is 24.3. The number of rotatable bonds is 29. The number of esters is 1. The molecule has 1 unspecified atom stereocenters. The number of unbranched alkanes of at least 4 members (excludes halogenated alkanes) is 22. The third kappa shape index (κ3) is 29.2. The smallest absolute Gasteiger partial charge is 0.306 e. The van der Waals surface area contributed by atoms with Crippen LogP contribution in [0.5, 0.6) is 0 Å². The number of hydrogen-bond donors (Lipinski definition) is 1. The fourth-order valence-corrected chi connectivity index (χ4v) is 4.93. The molecule has 0 aliphatic rings. The SMILES string of the molecule is CCCCCCCCCCCCCCCC(=O)OC(C)CCCCCCCCCCCCCC(=O)O. The number of hydrogen-bond acceptors (Lipinski definition) is 3. The van der Waals surface area contributed by atoms with Gasteiger partial charge in [0.15, 0.2) is 0 Å². The molecule has 4 nitrogen and oxygen atoms in total. The van der Waals surface area contributed by atoms with Crippen molar-refractivity contribution in [2.45, 2.75) is 193 Å². The van der Waals surface area contributed by atoms with E-state index in [9.17, 15) is 9.59 Å². The van der Waals surface area contributed by atoms with Gasteiger partial charge in [0.1, 0.15) is 0 Å². The number of aliphatic carboxylic acids is 1. The molecule has 0 aromatic rings. The molecule has 1 N–H and O–H groups in total. The second-order valence-corrected chi connectivity index (χ2v) is 11.1. The number of carboxylic acid groups (broad SMARTS) is 1. The van der Waals surface area contributed by atoms with Crippen LogP contribution in [0.3, 0.4) is 0 Å². The van der Waals surface area contributed by atoms with Gasteiger partial charge in [0.2, 0.25) is 0 Å². The predicted octanol–water partition coefficient (Wildman–Crippen LogP) is 10.6. The maximum atomic E-state index is 12.1. The van der Waals surface area contributed by atoms with E-state index in [4.69, 9.17) is 9.84 Å². The molecule has 0 spiro atoms. The van der Waals surface area contributed by atoms with Crippen molar-refractivity contribution in [3.8, 4) is 0 Å². The van der Waals surface area contributed by atoms with Crippen molar-refractivity contribution in [2.24, 2.45) is 0 Å². The Hall–Kier alpha value is -1.06. The van der Waals surface area contributed by atoms with E-state index in [1.54, 1.807) is 0 Å². The Labute approximate surface area is 224 Å². The van der Waals surface area contributed by atoms with E-state index in [1.165, 1.54) is 122 Å². The molecule has 0 saturated carbocycles. The molecule has 0 aromatic heterocycles. The van der Waals surface area contributed by atoms with E-state index in [1.807, 2.05) is 6.92 Å². The van der Waals surface area contributed by atoms with Crippen molar-refractivity contribution < 1.29 is 19.4 Å². The Morgan fingerprint density at radius 3 is 1.25 bits per heavy atom. The van der Waals surface area contributed by atoms with Crippen LogP contribution in [-0.2, 0) is 14.3 Å².